The topological polar surface area (TPSA) is 71.2 Å². The first-order valence-electron chi connectivity index (χ1n) is 5.89. The van der Waals surface area contributed by atoms with Crippen LogP contribution < -0.4 is 0 Å². The summed E-state index contributed by atoms with van der Waals surface area (Å²) in [5.41, 5.74) is -1.02. The van der Waals surface area contributed by atoms with Crippen molar-refractivity contribution >= 4 is 6.16 Å². The van der Waals surface area contributed by atoms with Gasteiger partial charge in [0.25, 0.3) is 0 Å². The molecule has 0 heterocycles. The molecule has 1 fully saturated rings. The van der Waals surface area contributed by atoms with Crippen molar-refractivity contribution in [3.8, 4) is 0 Å². The van der Waals surface area contributed by atoms with Crippen molar-refractivity contribution < 1.29 is 14.6 Å². The summed E-state index contributed by atoms with van der Waals surface area (Å²) in [6.45, 7) is 3.48. The van der Waals surface area contributed by atoms with E-state index >= 15 is 0 Å². The van der Waals surface area contributed by atoms with E-state index < -0.39 is 11.9 Å². The number of hydrogen-bond acceptors (Lipinski definition) is 4. The summed E-state index contributed by atoms with van der Waals surface area (Å²) >= 11 is 0. The molecule has 1 aliphatic carbocycles. The van der Waals surface area contributed by atoms with Gasteiger partial charge in [-0.25, -0.2) is 4.79 Å². The highest BCUT2D eigenvalue weighted by molar-refractivity contribution is 5.57. The maximum absolute atomic E-state index is 10.5. The fourth-order valence-electron chi connectivity index (χ4n) is 1.75. The molecule has 1 unspecified atom stereocenters. The molecule has 1 saturated carbocycles. The molecular formula is C11H20N2O3. The third kappa shape index (κ3) is 4.16. The zero-order chi connectivity index (χ0) is 12.0. The van der Waals surface area contributed by atoms with Crippen LogP contribution in [0.15, 0.2) is 10.2 Å². The van der Waals surface area contributed by atoms with Gasteiger partial charge in [-0.05, 0) is 19.8 Å². The summed E-state index contributed by atoms with van der Waals surface area (Å²) in [5, 5.41) is 16.9. The Morgan fingerprint density at radius 2 is 2.06 bits per heavy atom. The van der Waals surface area contributed by atoms with Crippen LogP contribution in [0.4, 0.5) is 4.79 Å². The van der Waals surface area contributed by atoms with E-state index in [-0.39, 0.29) is 6.04 Å². The molecule has 1 N–H and O–H groups in total. The lowest BCUT2D eigenvalue weighted by Crippen LogP contribution is -2.28. The summed E-state index contributed by atoms with van der Waals surface area (Å²) in [7, 11) is 0. The van der Waals surface area contributed by atoms with Gasteiger partial charge in [0.05, 0.1) is 6.04 Å². The number of hydrogen-bond donors (Lipinski definition) is 1. The van der Waals surface area contributed by atoms with Crippen LogP contribution in [-0.4, -0.2) is 23.0 Å². The second kappa shape index (κ2) is 5.82. The number of carboxylic acid groups (broad SMARTS) is 1. The number of carbonyl (C=O) groups is 1. The molecule has 1 atom stereocenters. The Kier molecular flexibility index (Phi) is 4.71. The minimum atomic E-state index is -1.30. The van der Waals surface area contributed by atoms with Crippen molar-refractivity contribution in [1.82, 2.24) is 0 Å². The van der Waals surface area contributed by atoms with Crippen molar-refractivity contribution in [1.29, 1.82) is 0 Å². The lowest BCUT2D eigenvalue weighted by molar-refractivity contribution is -0.00985. The number of rotatable bonds is 4. The predicted molar refractivity (Wildman–Crippen MR) is 59.5 cm³/mol. The maximum atomic E-state index is 10.5. The zero-order valence-electron chi connectivity index (χ0n) is 9.98. The molecule has 1 rings (SSSR count). The lowest BCUT2D eigenvalue weighted by Gasteiger charge is -2.22. The van der Waals surface area contributed by atoms with E-state index in [2.05, 4.69) is 10.2 Å². The molecule has 0 spiro atoms. The van der Waals surface area contributed by atoms with E-state index in [0.29, 0.717) is 6.42 Å². The van der Waals surface area contributed by atoms with Gasteiger partial charge in [0.2, 0.25) is 5.72 Å². The molecule has 5 nitrogen and oxygen atoms in total. The minimum absolute atomic E-state index is 0.247. The van der Waals surface area contributed by atoms with E-state index in [1.54, 1.807) is 6.92 Å². The van der Waals surface area contributed by atoms with Crippen LogP contribution in [0.1, 0.15) is 52.4 Å². The van der Waals surface area contributed by atoms with E-state index in [4.69, 9.17) is 9.84 Å². The fourth-order valence-corrected chi connectivity index (χ4v) is 1.75. The maximum Gasteiger partial charge on any atom is 0.508 e. The number of azo groups is 1. The van der Waals surface area contributed by atoms with Crippen molar-refractivity contribution in [2.24, 2.45) is 10.2 Å². The van der Waals surface area contributed by atoms with Gasteiger partial charge >= 0.3 is 6.16 Å². The molecular weight excluding hydrogens is 208 g/mol. The van der Waals surface area contributed by atoms with Gasteiger partial charge < -0.3 is 9.84 Å². The first kappa shape index (κ1) is 12.9. The highest BCUT2D eigenvalue weighted by Gasteiger charge is 2.26. The van der Waals surface area contributed by atoms with E-state index in [1.807, 2.05) is 6.92 Å². The van der Waals surface area contributed by atoms with Gasteiger partial charge in [-0.15, -0.1) is 5.11 Å². The zero-order valence-corrected chi connectivity index (χ0v) is 9.98. The first-order valence-corrected chi connectivity index (χ1v) is 5.89. The molecule has 1 aliphatic rings. The van der Waals surface area contributed by atoms with Gasteiger partial charge in [0.15, 0.2) is 0 Å². The average molecular weight is 228 g/mol. The Morgan fingerprint density at radius 1 is 1.44 bits per heavy atom. The van der Waals surface area contributed by atoms with Crippen LogP contribution in [-0.2, 0) is 4.74 Å². The van der Waals surface area contributed by atoms with E-state index in [9.17, 15) is 4.79 Å². The molecule has 92 valence electrons. The van der Waals surface area contributed by atoms with Crippen LogP contribution in [0.5, 0.6) is 0 Å². The van der Waals surface area contributed by atoms with Crippen molar-refractivity contribution in [3.63, 3.8) is 0 Å². The molecule has 5 heteroatoms. The number of ether oxygens (including phenoxy) is 1. The third-order valence-corrected chi connectivity index (χ3v) is 2.97. The monoisotopic (exact) mass is 228 g/mol. The summed E-state index contributed by atoms with van der Waals surface area (Å²) in [4.78, 5) is 10.5. The van der Waals surface area contributed by atoms with E-state index in [1.165, 1.54) is 19.3 Å². The molecule has 0 aromatic carbocycles. The predicted octanol–water partition coefficient (Wildman–Crippen LogP) is 3.59. The Bertz CT molecular complexity index is 262. The largest absolute Gasteiger partial charge is 0.508 e. The fraction of sp³-hybridized carbons (Fsp3) is 0.909. The third-order valence-electron chi connectivity index (χ3n) is 2.97. The summed E-state index contributed by atoms with van der Waals surface area (Å²) in [6.07, 6.45) is 4.94. The first-order chi connectivity index (χ1) is 7.56. The number of nitrogens with zero attached hydrogens (tertiary/aromatic N) is 2. The molecule has 0 saturated heterocycles. The van der Waals surface area contributed by atoms with Crippen LogP contribution in [0, 0.1) is 0 Å². The average Bonchev–Trinajstić information content (AvgIpc) is 2.27. The van der Waals surface area contributed by atoms with Crippen molar-refractivity contribution in [3.05, 3.63) is 0 Å². The second-order valence-electron chi connectivity index (χ2n) is 4.40. The van der Waals surface area contributed by atoms with Gasteiger partial charge in [-0.3, -0.25) is 0 Å². The Hall–Kier alpha value is -1.13. The van der Waals surface area contributed by atoms with E-state index in [0.717, 1.165) is 12.8 Å². The normalized spacial score (nSPS) is 21.9. The van der Waals surface area contributed by atoms with Crippen molar-refractivity contribution in [2.45, 2.75) is 64.1 Å². The summed E-state index contributed by atoms with van der Waals surface area (Å²) in [6, 6.07) is 0.247. The molecule has 0 aromatic rings. The molecule has 0 aromatic heterocycles. The summed E-state index contributed by atoms with van der Waals surface area (Å²) < 4.78 is 4.73. The molecule has 0 radical (unpaired) electrons. The highest BCUT2D eigenvalue weighted by Crippen LogP contribution is 2.24. The smallest absolute Gasteiger partial charge is 0.450 e. The standard InChI is InChI=1S/C11H20N2O3/c1-3-11(2,16-10(14)15)13-12-9-7-5-4-6-8-9/h9H,3-8H2,1-2H3,(H,14,15). The Balaban J connectivity index is 2.53. The van der Waals surface area contributed by atoms with Gasteiger partial charge in [0.1, 0.15) is 0 Å². The van der Waals surface area contributed by atoms with Crippen LogP contribution in [0.3, 0.4) is 0 Å². The lowest BCUT2D eigenvalue weighted by atomic mass is 9.96. The molecule has 16 heavy (non-hydrogen) atoms. The van der Waals surface area contributed by atoms with Gasteiger partial charge in [-0.1, -0.05) is 26.2 Å². The van der Waals surface area contributed by atoms with Gasteiger partial charge in [-0.2, -0.15) is 5.11 Å². The quantitative estimate of drug-likeness (QED) is 0.590. The molecule has 0 bridgehead atoms. The second-order valence-corrected chi connectivity index (χ2v) is 4.40. The SMILES string of the molecule is CCC(C)(N=NC1CCCCC1)OC(=O)O. The Labute approximate surface area is 95.9 Å². The minimum Gasteiger partial charge on any atom is -0.450 e. The van der Waals surface area contributed by atoms with Crippen molar-refractivity contribution in [2.75, 3.05) is 0 Å². The molecule has 0 aliphatic heterocycles. The van der Waals surface area contributed by atoms with Crippen LogP contribution in [0.2, 0.25) is 0 Å². The highest BCUT2D eigenvalue weighted by atomic mass is 16.7. The molecule has 0 amide bonds. The van der Waals surface area contributed by atoms with Crippen LogP contribution in [0.25, 0.3) is 0 Å². The summed E-state index contributed by atoms with van der Waals surface area (Å²) in [5.74, 6) is 0. The van der Waals surface area contributed by atoms with Crippen LogP contribution >= 0.6 is 0 Å². The Morgan fingerprint density at radius 3 is 2.56 bits per heavy atom. The van der Waals surface area contributed by atoms with Gasteiger partial charge in [0, 0.05) is 6.42 Å².